The van der Waals surface area contributed by atoms with Crippen LogP contribution in [-0.2, 0) is 9.53 Å². The Morgan fingerprint density at radius 3 is 2.60 bits per heavy atom. The quantitative estimate of drug-likeness (QED) is 0.881. The van der Waals surface area contributed by atoms with Crippen LogP contribution >= 0.6 is 24.0 Å². The largest absolute Gasteiger partial charge is 0.465 e. The Hall–Kier alpha value is -1.79. The molecule has 0 aliphatic carbocycles. The van der Waals surface area contributed by atoms with E-state index in [-0.39, 0.29) is 11.7 Å². The number of benzene rings is 1. The molecule has 0 spiro atoms. The van der Waals surface area contributed by atoms with Crippen LogP contribution in [0.3, 0.4) is 0 Å². The van der Waals surface area contributed by atoms with E-state index in [1.165, 1.54) is 18.4 Å². The van der Waals surface area contributed by atoms with Gasteiger partial charge < -0.3 is 10.1 Å². The summed E-state index contributed by atoms with van der Waals surface area (Å²) < 4.78 is 4.73. The molecular weight excluding hydrogens is 294 g/mol. The first-order valence-electron chi connectivity index (χ1n) is 5.81. The third-order valence-corrected chi connectivity index (χ3v) is 3.94. The van der Waals surface area contributed by atoms with Crippen molar-refractivity contribution in [1.29, 1.82) is 0 Å². The molecule has 0 atom stereocenters. The van der Waals surface area contributed by atoms with Crippen LogP contribution in [-0.4, -0.2) is 24.7 Å². The lowest BCUT2D eigenvalue weighted by Crippen LogP contribution is -2.14. The van der Waals surface area contributed by atoms with Crippen LogP contribution < -0.4 is 5.32 Å². The average molecular weight is 306 g/mol. The fourth-order valence-corrected chi connectivity index (χ4v) is 2.79. The lowest BCUT2D eigenvalue weighted by atomic mass is 10.1. The van der Waals surface area contributed by atoms with Crippen molar-refractivity contribution in [3.8, 4) is 10.4 Å². The Morgan fingerprint density at radius 1 is 1.30 bits per heavy atom. The Balaban J connectivity index is 2.41. The zero-order chi connectivity index (χ0) is 14.5. The van der Waals surface area contributed by atoms with Crippen LogP contribution in [0, 0.1) is 0 Å². The molecule has 0 saturated heterocycles. The molecule has 1 amide bonds. The first-order chi connectivity index (χ1) is 9.65. The minimum absolute atomic E-state index is 0.0564. The van der Waals surface area contributed by atoms with Crippen molar-refractivity contribution in [3.05, 3.63) is 42.0 Å². The maximum Gasteiger partial charge on any atom is 0.340 e. The summed E-state index contributed by atoms with van der Waals surface area (Å²) in [7, 11) is 1.31. The molecular formula is C14H12NO3S2. The van der Waals surface area contributed by atoms with Crippen molar-refractivity contribution in [2.24, 2.45) is 0 Å². The van der Waals surface area contributed by atoms with Gasteiger partial charge in [0.2, 0.25) is 5.91 Å². The van der Waals surface area contributed by atoms with Crippen LogP contribution in [0.15, 0.2) is 36.4 Å². The first kappa shape index (κ1) is 14.6. The van der Waals surface area contributed by atoms with Gasteiger partial charge in [0, 0.05) is 4.88 Å². The number of methoxy groups -OCH3 is 1. The van der Waals surface area contributed by atoms with Gasteiger partial charge in [0.25, 0.3) is 0 Å². The highest BCUT2D eigenvalue weighted by atomic mass is 32.1. The maximum absolute atomic E-state index is 11.8. The predicted octanol–water partition coefficient (Wildman–Crippen LogP) is 3.34. The van der Waals surface area contributed by atoms with E-state index in [1.807, 2.05) is 30.3 Å². The van der Waals surface area contributed by atoms with Gasteiger partial charge in [-0.1, -0.05) is 43.0 Å². The number of carbonyl (C=O) groups is 2. The third kappa shape index (κ3) is 3.20. The molecule has 1 aromatic carbocycles. The second kappa shape index (κ2) is 6.58. The summed E-state index contributed by atoms with van der Waals surface area (Å²) in [5.41, 5.74) is 1.31. The monoisotopic (exact) mass is 306 g/mol. The average Bonchev–Trinajstić information content (AvgIpc) is 2.91. The van der Waals surface area contributed by atoms with Crippen LogP contribution in [0.5, 0.6) is 0 Å². The molecule has 103 valence electrons. The van der Waals surface area contributed by atoms with Gasteiger partial charge in [-0.3, -0.25) is 4.79 Å². The molecule has 1 radical (unpaired) electrons. The fourth-order valence-electron chi connectivity index (χ4n) is 1.65. The van der Waals surface area contributed by atoms with E-state index in [4.69, 9.17) is 4.74 Å². The molecule has 0 saturated carbocycles. The Morgan fingerprint density at radius 2 is 2.00 bits per heavy atom. The van der Waals surface area contributed by atoms with Crippen molar-refractivity contribution >= 4 is 40.8 Å². The number of hydrogen-bond acceptors (Lipinski definition) is 4. The molecule has 0 unspecified atom stereocenters. The van der Waals surface area contributed by atoms with E-state index in [9.17, 15) is 9.59 Å². The number of hydrogen-bond donors (Lipinski definition) is 1. The smallest absolute Gasteiger partial charge is 0.340 e. The molecule has 4 nitrogen and oxygen atoms in total. The Labute approximate surface area is 126 Å². The predicted molar refractivity (Wildman–Crippen MR) is 82.2 cm³/mol. The van der Waals surface area contributed by atoms with Gasteiger partial charge in [0.05, 0.1) is 18.4 Å². The normalized spacial score (nSPS) is 10.1. The van der Waals surface area contributed by atoms with Crippen molar-refractivity contribution in [3.63, 3.8) is 0 Å². The summed E-state index contributed by atoms with van der Waals surface area (Å²) in [4.78, 5) is 24.1. The molecule has 0 bridgehead atoms. The van der Waals surface area contributed by atoms with E-state index in [0.717, 1.165) is 10.4 Å². The van der Waals surface area contributed by atoms with Crippen LogP contribution in [0.25, 0.3) is 10.4 Å². The molecule has 0 fully saturated rings. The number of carbonyl (C=O) groups excluding carboxylic acids is 2. The van der Waals surface area contributed by atoms with E-state index >= 15 is 0 Å². The molecule has 1 N–H and O–H groups in total. The second-order valence-corrected chi connectivity index (χ2v) is 5.24. The summed E-state index contributed by atoms with van der Waals surface area (Å²) in [6.45, 7) is 0. The summed E-state index contributed by atoms with van der Waals surface area (Å²) in [6.07, 6.45) is 0. The summed E-state index contributed by atoms with van der Waals surface area (Å²) in [6, 6.07) is 11.3. The lowest BCUT2D eigenvalue weighted by molar-refractivity contribution is -0.113. The molecule has 0 aliphatic rings. The number of thiophene rings is 1. The molecule has 20 heavy (non-hydrogen) atoms. The Bertz CT molecular complexity index is 623. The standard InChI is InChI=1S/C14H12NO3S2/c1-18-14(17)10-7-11(9-5-3-2-4-6-9)20-13(10)15-12(16)8-19/h2-7H,8H2,1H3,(H,15,16). The van der Waals surface area contributed by atoms with E-state index in [0.29, 0.717) is 10.6 Å². The van der Waals surface area contributed by atoms with E-state index in [2.05, 4.69) is 17.9 Å². The van der Waals surface area contributed by atoms with Crippen molar-refractivity contribution in [1.82, 2.24) is 0 Å². The van der Waals surface area contributed by atoms with Gasteiger partial charge in [-0.2, -0.15) is 0 Å². The van der Waals surface area contributed by atoms with Crippen LogP contribution in [0.2, 0.25) is 0 Å². The zero-order valence-electron chi connectivity index (χ0n) is 10.7. The number of rotatable bonds is 4. The molecule has 6 heteroatoms. The number of amides is 1. The topological polar surface area (TPSA) is 55.4 Å². The number of anilines is 1. The molecule has 1 aromatic heterocycles. The van der Waals surface area contributed by atoms with Crippen LogP contribution in [0.4, 0.5) is 5.00 Å². The Kier molecular flexibility index (Phi) is 4.81. The maximum atomic E-state index is 11.8. The molecule has 2 rings (SSSR count). The van der Waals surface area contributed by atoms with Gasteiger partial charge in [-0.25, -0.2) is 4.79 Å². The van der Waals surface area contributed by atoms with Gasteiger partial charge in [0.1, 0.15) is 5.00 Å². The summed E-state index contributed by atoms with van der Waals surface area (Å²) in [5.74, 6) is -0.853. The van der Waals surface area contributed by atoms with E-state index < -0.39 is 5.97 Å². The van der Waals surface area contributed by atoms with Crippen LogP contribution in [0.1, 0.15) is 10.4 Å². The van der Waals surface area contributed by atoms with Gasteiger partial charge in [0.15, 0.2) is 0 Å². The lowest BCUT2D eigenvalue weighted by Gasteiger charge is -2.02. The second-order valence-electron chi connectivity index (χ2n) is 3.90. The number of esters is 1. The van der Waals surface area contributed by atoms with Gasteiger partial charge in [-0.05, 0) is 11.6 Å². The van der Waals surface area contributed by atoms with Crippen molar-refractivity contribution in [2.75, 3.05) is 18.2 Å². The minimum atomic E-state index is -0.483. The summed E-state index contributed by atoms with van der Waals surface area (Å²) in [5, 5.41) is 3.10. The molecule has 1 heterocycles. The van der Waals surface area contributed by atoms with Gasteiger partial charge >= 0.3 is 5.97 Å². The third-order valence-electron chi connectivity index (χ3n) is 2.58. The molecule has 0 aliphatic heterocycles. The molecule has 2 aromatic rings. The van der Waals surface area contributed by atoms with Gasteiger partial charge in [-0.15, -0.1) is 11.3 Å². The first-order valence-corrected chi connectivity index (χ1v) is 7.20. The minimum Gasteiger partial charge on any atom is -0.465 e. The highest BCUT2D eigenvalue weighted by molar-refractivity contribution is 7.81. The zero-order valence-corrected chi connectivity index (χ0v) is 12.3. The fraction of sp³-hybridized carbons (Fsp3) is 0.143. The van der Waals surface area contributed by atoms with Crippen molar-refractivity contribution < 1.29 is 14.3 Å². The highest BCUT2D eigenvalue weighted by Gasteiger charge is 2.18. The van der Waals surface area contributed by atoms with Crippen molar-refractivity contribution in [2.45, 2.75) is 0 Å². The number of nitrogens with one attached hydrogen (secondary N) is 1. The number of ether oxygens (including phenoxy) is 1. The van der Waals surface area contributed by atoms with E-state index in [1.54, 1.807) is 6.07 Å². The summed E-state index contributed by atoms with van der Waals surface area (Å²) >= 11 is 6.01. The highest BCUT2D eigenvalue weighted by Crippen LogP contribution is 2.35. The SMILES string of the molecule is COC(=O)c1cc(-c2ccccc2)sc1NC(=O)C[S].